The highest BCUT2D eigenvalue weighted by molar-refractivity contribution is 4.76. The van der Waals surface area contributed by atoms with Crippen LogP contribution in [0.5, 0.6) is 0 Å². The Labute approximate surface area is 157 Å². The van der Waals surface area contributed by atoms with Gasteiger partial charge in [-0.15, -0.1) is 0 Å². The fourth-order valence-electron chi connectivity index (χ4n) is 3.15. The Morgan fingerprint density at radius 1 is 0.667 bits per heavy atom. The first-order valence-electron chi connectivity index (χ1n) is 9.85. The van der Waals surface area contributed by atoms with Gasteiger partial charge in [0.15, 0.2) is 0 Å². The number of halogens is 1. The zero-order valence-corrected chi connectivity index (χ0v) is 16.9. The zero-order chi connectivity index (χ0) is 17.2. The molecular weight excluding hydrogens is 322 g/mol. The first-order chi connectivity index (χ1) is 11.2. The van der Waals surface area contributed by atoms with E-state index in [0.29, 0.717) is 0 Å². The number of rotatable bonds is 17. The minimum Gasteiger partial charge on any atom is -1.00 e. The van der Waals surface area contributed by atoms with Crippen LogP contribution in [0.25, 0.3) is 0 Å². The standard InChI is InChI=1S/C20H42NO2.ClH/c1-3-4-5-6-7-8-9-10-11-12-13-14-15-16-21(2,17-19-22)18-20-23;/h3-4,22-23H,5-20H2,1-2H3;1H/q+1;/p-1/b4-3-;. The maximum Gasteiger partial charge on any atom is 0.102 e. The van der Waals surface area contributed by atoms with Crippen molar-refractivity contribution in [3.05, 3.63) is 12.2 Å². The first-order valence-corrected chi connectivity index (χ1v) is 9.85. The van der Waals surface area contributed by atoms with E-state index in [-0.39, 0.29) is 25.6 Å². The van der Waals surface area contributed by atoms with Crippen molar-refractivity contribution in [3.8, 4) is 0 Å². The molecule has 0 saturated carbocycles. The lowest BCUT2D eigenvalue weighted by Crippen LogP contribution is -3.00. The number of hydrogen-bond acceptors (Lipinski definition) is 2. The molecule has 146 valence electrons. The van der Waals surface area contributed by atoms with Crippen molar-refractivity contribution in [1.82, 2.24) is 0 Å². The van der Waals surface area contributed by atoms with Gasteiger partial charge in [-0.3, -0.25) is 0 Å². The van der Waals surface area contributed by atoms with Gasteiger partial charge in [-0.05, 0) is 32.6 Å². The van der Waals surface area contributed by atoms with Crippen molar-refractivity contribution < 1.29 is 27.1 Å². The SMILES string of the molecule is C/C=C\CCCCCCCCCCCC[N+](C)(CCO)CCO.[Cl-]. The number of likely N-dealkylation sites (N-methyl/N-ethyl adjacent to an activating group) is 1. The van der Waals surface area contributed by atoms with Crippen molar-refractivity contribution in [2.24, 2.45) is 0 Å². The molecule has 0 aromatic rings. The second kappa shape index (κ2) is 19.2. The smallest absolute Gasteiger partial charge is 0.102 e. The van der Waals surface area contributed by atoms with Crippen molar-refractivity contribution >= 4 is 0 Å². The molecule has 0 rings (SSSR count). The molecule has 3 nitrogen and oxygen atoms in total. The predicted molar refractivity (Wildman–Crippen MR) is 101 cm³/mol. The summed E-state index contributed by atoms with van der Waals surface area (Å²) in [5.74, 6) is 0. The molecule has 0 fully saturated rings. The van der Waals surface area contributed by atoms with Gasteiger partial charge in [-0.2, -0.15) is 0 Å². The molecule has 0 aliphatic heterocycles. The summed E-state index contributed by atoms with van der Waals surface area (Å²) in [6.07, 6.45) is 19.2. The third-order valence-electron chi connectivity index (χ3n) is 4.83. The second-order valence-corrected chi connectivity index (χ2v) is 7.13. The van der Waals surface area contributed by atoms with E-state index < -0.39 is 0 Å². The van der Waals surface area contributed by atoms with Crippen LogP contribution < -0.4 is 12.4 Å². The van der Waals surface area contributed by atoms with E-state index in [1.807, 2.05) is 0 Å². The number of allylic oxidation sites excluding steroid dienone is 2. The average molecular weight is 364 g/mol. The second-order valence-electron chi connectivity index (χ2n) is 7.13. The summed E-state index contributed by atoms with van der Waals surface area (Å²) in [5, 5.41) is 18.3. The molecule has 0 saturated heterocycles. The van der Waals surface area contributed by atoms with Crippen LogP contribution in [0.3, 0.4) is 0 Å². The lowest BCUT2D eigenvalue weighted by Gasteiger charge is -2.33. The molecule has 24 heavy (non-hydrogen) atoms. The Hall–Kier alpha value is -0.0900. The van der Waals surface area contributed by atoms with E-state index in [2.05, 4.69) is 26.1 Å². The van der Waals surface area contributed by atoms with Crippen LogP contribution in [-0.4, -0.2) is 54.6 Å². The largest absolute Gasteiger partial charge is 1.00 e. The van der Waals surface area contributed by atoms with E-state index in [0.717, 1.165) is 24.1 Å². The fourth-order valence-corrected chi connectivity index (χ4v) is 3.15. The summed E-state index contributed by atoms with van der Waals surface area (Å²) in [7, 11) is 2.14. The summed E-state index contributed by atoms with van der Waals surface area (Å²) in [6.45, 7) is 5.12. The Balaban J connectivity index is 0. The van der Waals surface area contributed by atoms with Gasteiger partial charge in [0.1, 0.15) is 13.1 Å². The summed E-state index contributed by atoms with van der Waals surface area (Å²) >= 11 is 0. The van der Waals surface area contributed by atoms with Gasteiger partial charge in [0.2, 0.25) is 0 Å². The maximum atomic E-state index is 9.13. The van der Waals surface area contributed by atoms with Crippen LogP contribution in [0.1, 0.15) is 77.6 Å². The highest BCUT2D eigenvalue weighted by atomic mass is 35.5. The third kappa shape index (κ3) is 16.8. The summed E-state index contributed by atoms with van der Waals surface area (Å²) in [6, 6.07) is 0. The summed E-state index contributed by atoms with van der Waals surface area (Å²) in [5.41, 5.74) is 0. The number of aliphatic hydroxyl groups is 2. The van der Waals surface area contributed by atoms with Crippen LogP contribution in [0.2, 0.25) is 0 Å². The molecule has 0 aliphatic rings. The van der Waals surface area contributed by atoms with Crippen molar-refractivity contribution in [2.75, 3.05) is 39.9 Å². The lowest BCUT2D eigenvalue weighted by molar-refractivity contribution is -0.910. The van der Waals surface area contributed by atoms with Gasteiger partial charge in [-0.1, -0.05) is 57.1 Å². The van der Waals surface area contributed by atoms with Crippen molar-refractivity contribution in [2.45, 2.75) is 77.6 Å². The third-order valence-corrected chi connectivity index (χ3v) is 4.83. The number of unbranched alkanes of at least 4 members (excludes halogenated alkanes) is 10. The van der Waals surface area contributed by atoms with E-state index in [1.165, 1.54) is 70.6 Å². The molecule has 0 radical (unpaired) electrons. The van der Waals surface area contributed by atoms with Crippen molar-refractivity contribution in [1.29, 1.82) is 0 Å². The quantitative estimate of drug-likeness (QED) is 0.232. The number of nitrogens with zero attached hydrogens (tertiary/aromatic N) is 1. The summed E-state index contributed by atoms with van der Waals surface area (Å²) in [4.78, 5) is 0. The van der Waals surface area contributed by atoms with Crippen LogP contribution in [0.4, 0.5) is 0 Å². The van der Waals surface area contributed by atoms with Gasteiger partial charge >= 0.3 is 0 Å². The first kappa shape index (κ1) is 26.1. The Bertz CT molecular complexity index is 266. The average Bonchev–Trinajstić information content (AvgIpc) is 2.52. The lowest BCUT2D eigenvalue weighted by atomic mass is 10.1. The van der Waals surface area contributed by atoms with Gasteiger partial charge < -0.3 is 27.1 Å². The Morgan fingerprint density at radius 3 is 1.50 bits per heavy atom. The molecule has 0 unspecified atom stereocenters. The normalized spacial score (nSPS) is 11.8. The minimum atomic E-state index is 0. The van der Waals surface area contributed by atoms with Crippen LogP contribution in [0.15, 0.2) is 12.2 Å². The molecule has 0 atom stereocenters. The Morgan fingerprint density at radius 2 is 1.08 bits per heavy atom. The fraction of sp³-hybridized carbons (Fsp3) is 0.900. The maximum absolute atomic E-state index is 9.13. The zero-order valence-electron chi connectivity index (χ0n) is 16.2. The van der Waals surface area contributed by atoms with Gasteiger partial charge in [0.25, 0.3) is 0 Å². The highest BCUT2D eigenvalue weighted by Gasteiger charge is 2.19. The number of aliphatic hydroxyl groups excluding tert-OH is 2. The molecular formula is C20H42ClNO2. The molecule has 0 aromatic heterocycles. The van der Waals surface area contributed by atoms with Crippen molar-refractivity contribution in [3.63, 3.8) is 0 Å². The van der Waals surface area contributed by atoms with Gasteiger partial charge in [0.05, 0.1) is 26.8 Å². The van der Waals surface area contributed by atoms with Gasteiger partial charge in [-0.25, -0.2) is 0 Å². The van der Waals surface area contributed by atoms with Crippen LogP contribution in [0, 0.1) is 0 Å². The van der Waals surface area contributed by atoms with E-state index >= 15 is 0 Å². The molecule has 2 N–H and O–H groups in total. The van der Waals surface area contributed by atoms with Crippen LogP contribution >= 0.6 is 0 Å². The van der Waals surface area contributed by atoms with E-state index in [1.54, 1.807) is 0 Å². The molecule has 0 spiro atoms. The van der Waals surface area contributed by atoms with Crippen LogP contribution in [-0.2, 0) is 0 Å². The predicted octanol–water partition coefficient (Wildman–Crippen LogP) is 1.29. The highest BCUT2D eigenvalue weighted by Crippen LogP contribution is 2.13. The monoisotopic (exact) mass is 363 g/mol. The number of quaternary nitrogens is 1. The topological polar surface area (TPSA) is 40.5 Å². The van der Waals surface area contributed by atoms with Gasteiger partial charge in [0, 0.05) is 0 Å². The Kier molecular flexibility index (Phi) is 21.0. The van der Waals surface area contributed by atoms with E-state index in [9.17, 15) is 0 Å². The number of hydrogen-bond donors (Lipinski definition) is 2. The molecule has 0 aromatic carbocycles. The minimum absolute atomic E-state index is 0. The molecule has 4 heteroatoms. The summed E-state index contributed by atoms with van der Waals surface area (Å²) < 4.78 is 0.806. The van der Waals surface area contributed by atoms with E-state index in [4.69, 9.17) is 10.2 Å². The molecule has 0 amide bonds. The molecule has 0 heterocycles. The molecule has 0 bridgehead atoms. The molecule has 0 aliphatic carbocycles.